The Kier molecular flexibility index (Phi) is 5.79. The highest BCUT2D eigenvalue weighted by atomic mass is 79.9. The SMILES string of the molecule is Cc1occc1-c1nnc(SCC(=O)c2sccc2Br)n1Cc1ccccc1. The number of furan rings is 1. The molecule has 4 rings (SSSR count). The summed E-state index contributed by atoms with van der Waals surface area (Å²) in [5.74, 6) is 1.90. The number of aromatic nitrogens is 3. The predicted octanol–water partition coefficient (Wildman–Crippen LogP) is 5.69. The zero-order valence-corrected chi connectivity index (χ0v) is 18.2. The Morgan fingerprint density at radius 1 is 1.21 bits per heavy atom. The first-order chi connectivity index (χ1) is 13.6. The molecule has 0 aliphatic rings. The fourth-order valence-corrected chi connectivity index (χ4v) is 5.24. The number of carbonyl (C=O) groups excluding carboxylic acids is 1. The molecule has 0 unspecified atom stereocenters. The van der Waals surface area contributed by atoms with Crippen LogP contribution in [-0.2, 0) is 6.54 Å². The minimum absolute atomic E-state index is 0.0715. The van der Waals surface area contributed by atoms with E-state index in [9.17, 15) is 4.79 Å². The lowest BCUT2D eigenvalue weighted by molar-refractivity contribution is 0.102. The Bertz CT molecular complexity index is 1100. The van der Waals surface area contributed by atoms with E-state index in [0.29, 0.717) is 17.5 Å². The molecule has 3 heterocycles. The highest BCUT2D eigenvalue weighted by Gasteiger charge is 2.20. The molecule has 0 N–H and O–H groups in total. The molecule has 142 valence electrons. The molecule has 28 heavy (non-hydrogen) atoms. The number of thioether (sulfide) groups is 1. The van der Waals surface area contributed by atoms with Crippen molar-refractivity contribution in [2.45, 2.75) is 18.6 Å². The molecule has 0 amide bonds. The fraction of sp³-hybridized carbons (Fsp3) is 0.150. The Labute approximate surface area is 178 Å². The number of benzene rings is 1. The van der Waals surface area contributed by atoms with Crippen molar-refractivity contribution in [1.82, 2.24) is 14.8 Å². The Hall–Kier alpha value is -2.16. The van der Waals surface area contributed by atoms with Crippen LogP contribution in [0.1, 0.15) is 21.0 Å². The smallest absolute Gasteiger partial charge is 0.192 e. The van der Waals surface area contributed by atoms with Crippen molar-refractivity contribution in [3.8, 4) is 11.4 Å². The van der Waals surface area contributed by atoms with E-state index >= 15 is 0 Å². The first-order valence-electron chi connectivity index (χ1n) is 8.54. The molecule has 4 aromatic rings. The minimum Gasteiger partial charge on any atom is -0.469 e. The summed E-state index contributed by atoms with van der Waals surface area (Å²) in [5.41, 5.74) is 2.04. The largest absolute Gasteiger partial charge is 0.469 e. The molecule has 0 spiro atoms. The van der Waals surface area contributed by atoms with Gasteiger partial charge in [-0.15, -0.1) is 21.5 Å². The van der Waals surface area contributed by atoms with Crippen LogP contribution in [0.4, 0.5) is 0 Å². The average Bonchev–Trinajstić information content (AvgIpc) is 3.41. The van der Waals surface area contributed by atoms with Crippen molar-refractivity contribution in [2.75, 3.05) is 5.75 Å². The van der Waals surface area contributed by atoms with Crippen LogP contribution < -0.4 is 0 Å². The molecule has 0 aliphatic heterocycles. The van der Waals surface area contributed by atoms with Gasteiger partial charge in [-0.25, -0.2) is 0 Å². The summed E-state index contributed by atoms with van der Waals surface area (Å²) in [4.78, 5) is 13.3. The summed E-state index contributed by atoms with van der Waals surface area (Å²) in [7, 11) is 0. The van der Waals surface area contributed by atoms with Gasteiger partial charge in [-0.05, 0) is 45.9 Å². The van der Waals surface area contributed by atoms with Crippen molar-refractivity contribution in [2.24, 2.45) is 0 Å². The van der Waals surface area contributed by atoms with Crippen LogP contribution in [0.25, 0.3) is 11.4 Å². The number of Topliss-reactive ketones (excluding diaryl/α,β-unsaturated/α-hetero) is 1. The molecule has 0 aliphatic carbocycles. The molecular weight excluding hydrogens is 458 g/mol. The summed E-state index contributed by atoms with van der Waals surface area (Å²) in [6.07, 6.45) is 1.65. The molecular formula is C20H16BrN3O2S2. The average molecular weight is 474 g/mol. The van der Waals surface area contributed by atoms with Crippen LogP contribution in [0.15, 0.2) is 68.2 Å². The minimum atomic E-state index is 0.0715. The van der Waals surface area contributed by atoms with E-state index in [1.54, 1.807) is 6.26 Å². The molecule has 0 saturated heterocycles. The Morgan fingerprint density at radius 3 is 2.71 bits per heavy atom. The first kappa shape index (κ1) is 19.2. The Balaban J connectivity index is 1.63. The van der Waals surface area contributed by atoms with Crippen LogP contribution in [0.2, 0.25) is 0 Å². The summed E-state index contributed by atoms with van der Waals surface area (Å²) in [6.45, 7) is 2.52. The van der Waals surface area contributed by atoms with Crippen molar-refractivity contribution < 1.29 is 9.21 Å². The number of aryl methyl sites for hydroxylation is 1. The molecule has 0 radical (unpaired) electrons. The number of rotatable bonds is 7. The van der Waals surface area contributed by atoms with Crippen LogP contribution in [0.3, 0.4) is 0 Å². The van der Waals surface area contributed by atoms with Gasteiger partial charge in [0.2, 0.25) is 0 Å². The third-order valence-electron chi connectivity index (χ3n) is 4.20. The zero-order chi connectivity index (χ0) is 19.5. The van der Waals surface area contributed by atoms with Gasteiger partial charge >= 0.3 is 0 Å². The fourth-order valence-electron chi connectivity index (χ4n) is 2.81. The molecule has 5 nitrogen and oxygen atoms in total. The van der Waals surface area contributed by atoms with Gasteiger partial charge in [-0.2, -0.15) is 0 Å². The third-order valence-corrected chi connectivity index (χ3v) is 7.05. The maximum atomic E-state index is 12.5. The van der Waals surface area contributed by atoms with Crippen molar-refractivity contribution in [3.63, 3.8) is 0 Å². The molecule has 3 aromatic heterocycles. The van der Waals surface area contributed by atoms with E-state index in [-0.39, 0.29) is 5.78 Å². The number of ketones is 1. The quantitative estimate of drug-likeness (QED) is 0.254. The van der Waals surface area contributed by atoms with E-state index < -0.39 is 0 Å². The third kappa shape index (κ3) is 3.99. The Morgan fingerprint density at radius 2 is 2.04 bits per heavy atom. The van der Waals surface area contributed by atoms with Gasteiger partial charge < -0.3 is 4.42 Å². The summed E-state index contributed by atoms with van der Waals surface area (Å²) in [6, 6.07) is 13.9. The van der Waals surface area contributed by atoms with Gasteiger partial charge in [0.15, 0.2) is 16.8 Å². The van der Waals surface area contributed by atoms with Crippen LogP contribution in [0.5, 0.6) is 0 Å². The van der Waals surface area contributed by atoms with Gasteiger partial charge in [-0.1, -0.05) is 42.1 Å². The number of carbonyl (C=O) groups is 1. The summed E-state index contributed by atoms with van der Waals surface area (Å²) < 4.78 is 8.32. The zero-order valence-electron chi connectivity index (χ0n) is 15.0. The van der Waals surface area contributed by atoms with Gasteiger partial charge in [0.25, 0.3) is 0 Å². The molecule has 8 heteroatoms. The van der Waals surface area contributed by atoms with Crippen molar-refractivity contribution in [1.29, 1.82) is 0 Å². The van der Waals surface area contributed by atoms with Crippen LogP contribution in [-0.4, -0.2) is 26.3 Å². The standard InChI is InChI=1S/C20H16BrN3O2S2/c1-13-15(7-9-26-13)19-22-23-20(24(19)11-14-5-3-2-4-6-14)28-12-17(25)18-16(21)8-10-27-18/h2-10H,11-12H2,1H3. The highest BCUT2D eigenvalue weighted by Crippen LogP contribution is 2.30. The van der Waals surface area contributed by atoms with E-state index in [0.717, 1.165) is 32.1 Å². The number of hydrogen-bond acceptors (Lipinski definition) is 6. The van der Waals surface area contributed by atoms with Gasteiger partial charge in [0, 0.05) is 4.47 Å². The molecule has 0 saturated carbocycles. The van der Waals surface area contributed by atoms with Gasteiger partial charge in [-0.3, -0.25) is 9.36 Å². The molecule has 0 fully saturated rings. The van der Waals surface area contributed by atoms with E-state index in [1.807, 2.05) is 47.2 Å². The van der Waals surface area contributed by atoms with Crippen LogP contribution >= 0.6 is 39.0 Å². The second-order valence-electron chi connectivity index (χ2n) is 6.08. The van der Waals surface area contributed by atoms with Crippen molar-refractivity contribution >= 4 is 44.8 Å². The van der Waals surface area contributed by atoms with Crippen molar-refractivity contribution in [3.05, 3.63) is 74.8 Å². The van der Waals surface area contributed by atoms with E-state index in [2.05, 4.69) is 38.3 Å². The molecule has 0 atom stereocenters. The number of thiophene rings is 1. The normalized spacial score (nSPS) is 11.1. The maximum absolute atomic E-state index is 12.5. The second-order valence-corrected chi connectivity index (χ2v) is 8.79. The van der Waals surface area contributed by atoms with Crippen LogP contribution in [0, 0.1) is 6.92 Å². The molecule has 1 aromatic carbocycles. The maximum Gasteiger partial charge on any atom is 0.192 e. The van der Waals surface area contributed by atoms with E-state index in [1.165, 1.54) is 23.1 Å². The monoisotopic (exact) mass is 473 g/mol. The van der Waals surface area contributed by atoms with Gasteiger partial charge in [0.05, 0.1) is 29.0 Å². The number of hydrogen-bond donors (Lipinski definition) is 0. The second kappa shape index (κ2) is 8.46. The van der Waals surface area contributed by atoms with Gasteiger partial charge in [0.1, 0.15) is 5.76 Å². The lowest BCUT2D eigenvalue weighted by atomic mass is 10.2. The number of nitrogens with zero attached hydrogens (tertiary/aromatic N) is 3. The topological polar surface area (TPSA) is 60.9 Å². The van der Waals surface area contributed by atoms with E-state index in [4.69, 9.17) is 4.42 Å². The summed E-state index contributed by atoms with van der Waals surface area (Å²) in [5, 5.41) is 11.4. The molecule has 0 bridgehead atoms. The number of halogens is 1. The predicted molar refractivity (Wildman–Crippen MR) is 115 cm³/mol. The lowest BCUT2D eigenvalue weighted by Gasteiger charge is -2.10. The highest BCUT2D eigenvalue weighted by molar-refractivity contribution is 9.10. The summed E-state index contributed by atoms with van der Waals surface area (Å²) >= 11 is 6.27. The first-order valence-corrected chi connectivity index (χ1v) is 11.2. The lowest BCUT2D eigenvalue weighted by Crippen LogP contribution is -2.06.